The molecule has 0 aliphatic rings. The maximum absolute atomic E-state index is 14.6. The molecule has 8 heteroatoms. The Hall–Kier alpha value is -3.52. The lowest BCUT2D eigenvalue weighted by molar-refractivity contribution is 0.0964. The molecule has 0 saturated carbocycles. The van der Waals surface area contributed by atoms with Gasteiger partial charge in [0.05, 0.1) is 0 Å². The Kier molecular flexibility index (Phi) is 5.58. The summed E-state index contributed by atoms with van der Waals surface area (Å²) < 4.78 is 21.1. The number of ether oxygens (including phenoxy) is 1. The molecule has 2 N–H and O–H groups in total. The minimum absolute atomic E-state index is 0.0632. The Morgan fingerprint density at radius 3 is 2.53 bits per heavy atom. The van der Waals surface area contributed by atoms with Gasteiger partial charge in [0, 0.05) is 27.0 Å². The van der Waals surface area contributed by atoms with Crippen molar-refractivity contribution in [3.05, 3.63) is 82.2 Å². The number of thiophene rings is 1. The zero-order valence-electron chi connectivity index (χ0n) is 16.4. The third-order valence-corrected chi connectivity index (χ3v) is 5.56. The molecule has 4 rings (SSSR count). The first kappa shape index (κ1) is 19.8. The lowest BCUT2D eigenvalue weighted by atomic mass is 10.1. The molecule has 6 nitrogen and oxygen atoms in total. The van der Waals surface area contributed by atoms with E-state index < -0.39 is 5.91 Å². The molecule has 2 aromatic carbocycles. The summed E-state index contributed by atoms with van der Waals surface area (Å²) in [5.74, 6) is 0.126. The molecule has 2 heterocycles. The van der Waals surface area contributed by atoms with Crippen molar-refractivity contribution in [2.24, 2.45) is 0 Å². The Balaban J connectivity index is 1.61. The van der Waals surface area contributed by atoms with Crippen LogP contribution in [0.2, 0.25) is 0 Å². The first-order chi connectivity index (χ1) is 14.5. The normalized spacial score (nSPS) is 10.8. The summed E-state index contributed by atoms with van der Waals surface area (Å²) in [6.45, 7) is 3.75. The van der Waals surface area contributed by atoms with Crippen LogP contribution in [-0.4, -0.2) is 15.9 Å². The van der Waals surface area contributed by atoms with E-state index in [0.717, 1.165) is 11.4 Å². The second kappa shape index (κ2) is 8.46. The van der Waals surface area contributed by atoms with Crippen LogP contribution < -0.4 is 15.6 Å². The van der Waals surface area contributed by atoms with Gasteiger partial charge in [0.25, 0.3) is 5.91 Å². The third-order valence-electron chi connectivity index (χ3n) is 4.37. The van der Waals surface area contributed by atoms with Gasteiger partial charge in [-0.1, -0.05) is 24.3 Å². The van der Waals surface area contributed by atoms with E-state index in [4.69, 9.17) is 4.74 Å². The average Bonchev–Trinajstić information content (AvgIpc) is 3.10. The van der Waals surface area contributed by atoms with Crippen LogP contribution in [0.25, 0.3) is 10.1 Å². The Morgan fingerprint density at radius 1 is 1.07 bits per heavy atom. The molecule has 0 bridgehead atoms. The van der Waals surface area contributed by atoms with E-state index in [2.05, 4.69) is 20.8 Å². The number of nitrogens with one attached hydrogen (secondary N) is 2. The van der Waals surface area contributed by atoms with Crippen LogP contribution in [0.1, 0.15) is 26.6 Å². The summed E-state index contributed by atoms with van der Waals surface area (Å²) in [5.41, 5.74) is 7.40. The van der Waals surface area contributed by atoms with E-state index in [-0.39, 0.29) is 18.4 Å². The number of amides is 1. The Bertz CT molecular complexity index is 1190. The number of rotatable bonds is 6. The Morgan fingerprint density at radius 2 is 1.80 bits per heavy atom. The topological polar surface area (TPSA) is 76.1 Å². The fourth-order valence-electron chi connectivity index (χ4n) is 3.11. The highest BCUT2D eigenvalue weighted by Crippen LogP contribution is 2.34. The molecule has 0 atom stereocenters. The van der Waals surface area contributed by atoms with Crippen LogP contribution in [0.4, 0.5) is 10.3 Å². The number of nitrogens with zero attached hydrogens (tertiary/aromatic N) is 2. The van der Waals surface area contributed by atoms with Crippen molar-refractivity contribution in [3.63, 3.8) is 0 Å². The third kappa shape index (κ3) is 4.23. The fraction of sp³-hybridized carbons (Fsp3) is 0.136. The van der Waals surface area contributed by atoms with Crippen molar-refractivity contribution < 1.29 is 13.9 Å². The first-order valence-corrected chi connectivity index (χ1v) is 10.1. The number of hydrogen-bond acceptors (Lipinski definition) is 6. The number of carbonyl (C=O) groups excluding carboxylic acids is 1. The van der Waals surface area contributed by atoms with E-state index in [1.807, 2.05) is 50.2 Å². The van der Waals surface area contributed by atoms with E-state index >= 15 is 0 Å². The molecule has 0 radical (unpaired) electrons. The lowest BCUT2D eigenvalue weighted by Gasteiger charge is -2.10. The summed E-state index contributed by atoms with van der Waals surface area (Å²) in [5, 5.41) is 0.395. The van der Waals surface area contributed by atoms with Gasteiger partial charge >= 0.3 is 0 Å². The highest BCUT2D eigenvalue weighted by atomic mass is 32.1. The molecule has 152 valence electrons. The maximum atomic E-state index is 14.6. The molecule has 0 spiro atoms. The first-order valence-electron chi connectivity index (χ1n) is 9.27. The summed E-state index contributed by atoms with van der Waals surface area (Å²) >= 11 is 1.21. The van der Waals surface area contributed by atoms with E-state index in [9.17, 15) is 9.18 Å². The van der Waals surface area contributed by atoms with Crippen LogP contribution in [-0.2, 0) is 6.61 Å². The molecule has 4 aromatic rings. The summed E-state index contributed by atoms with van der Waals surface area (Å²) in [6, 6.07) is 15.8. The minimum Gasteiger partial charge on any atom is -0.489 e. The number of aryl methyl sites for hydroxylation is 2. The largest absolute Gasteiger partial charge is 0.489 e. The summed E-state index contributed by atoms with van der Waals surface area (Å²) in [4.78, 5) is 21.7. The molecule has 0 fully saturated rings. The summed E-state index contributed by atoms with van der Waals surface area (Å²) in [7, 11) is 0. The highest BCUT2D eigenvalue weighted by Gasteiger charge is 2.21. The predicted molar refractivity (Wildman–Crippen MR) is 115 cm³/mol. The van der Waals surface area contributed by atoms with Crippen LogP contribution in [0.15, 0.2) is 54.6 Å². The molecule has 2 aromatic heterocycles. The van der Waals surface area contributed by atoms with Gasteiger partial charge in [-0.25, -0.2) is 14.4 Å². The van der Waals surface area contributed by atoms with Gasteiger partial charge in [-0.15, -0.1) is 11.3 Å². The number of para-hydroxylation sites is 1. The molecule has 0 saturated heterocycles. The van der Waals surface area contributed by atoms with Crippen molar-refractivity contribution in [3.8, 4) is 5.75 Å². The van der Waals surface area contributed by atoms with Crippen LogP contribution in [0.3, 0.4) is 0 Å². The second-order valence-corrected chi connectivity index (χ2v) is 7.73. The zero-order chi connectivity index (χ0) is 21.1. The standard InChI is InChI=1S/C22H19FN4O2S/c1-13-11-14(2)25-22(24-13)27-26-21(28)20-16(12-29-15-7-4-3-5-8-15)19-17(23)9-6-10-18(19)30-20/h3-11H,12H2,1-2H3,(H,26,28)(H,24,25,27). The molecule has 30 heavy (non-hydrogen) atoms. The van der Waals surface area contributed by atoms with Gasteiger partial charge in [0.15, 0.2) is 0 Å². The molecular weight excluding hydrogens is 403 g/mol. The van der Waals surface area contributed by atoms with Crippen molar-refractivity contribution >= 4 is 33.3 Å². The van der Waals surface area contributed by atoms with Gasteiger partial charge in [-0.05, 0) is 44.2 Å². The van der Waals surface area contributed by atoms with Gasteiger partial charge in [0.1, 0.15) is 23.1 Å². The van der Waals surface area contributed by atoms with Gasteiger partial charge in [0.2, 0.25) is 5.95 Å². The van der Waals surface area contributed by atoms with Gasteiger partial charge in [-0.3, -0.25) is 15.6 Å². The molecule has 0 unspecified atom stereocenters. The second-order valence-electron chi connectivity index (χ2n) is 6.68. The van der Waals surface area contributed by atoms with Crippen molar-refractivity contribution in [2.75, 3.05) is 5.43 Å². The molecule has 0 aliphatic heterocycles. The SMILES string of the molecule is Cc1cc(C)nc(NNC(=O)c2sc3cccc(F)c3c2COc2ccccc2)n1. The molecule has 1 amide bonds. The zero-order valence-corrected chi connectivity index (χ0v) is 17.2. The maximum Gasteiger partial charge on any atom is 0.280 e. The van der Waals surface area contributed by atoms with Crippen LogP contribution in [0, 0.1) is 19.7 Å². The van der Waals surface area contributed by atoms with E-state index in [1.165, 1.54) is 17.4 Å². The smallest absolute Gasteiger partial charge is 0.280 e. The molecular formula is C22H19FN4O2S. The van der Waals surface area contributed by atoms with E-state index in [1.54, 1.807) is 12.1 Å². The number of aromatic nitrogens is 2. The van der Waals surface area contributed by atoms with E-state index in [0.29, 0.717) is 26.3 Å². The molecule has 0 aliphatic carbocycles. The minimum atomic E-state index is -0.412. The fourth-order valence-corrected chi connectivity index (χ4v) is 4.23. The Labute approximate surface area is 176 Å². The van der Waals surface area contributed by atoms with Crippen molar-refractivity contribution in [2.45, 2.75) is 20.5 Å². The highest BCUT2D eigenvalue weighted by molar-refractivity contribution is 7.21. The predicted octanol–water partition coefficient (Wildman–Crippen LogP) is 4.78. The number of hydrazine groups is 1. The number of halogens is 1. The lowest BCUT2D eigenvalue weighted by Crippen LogP contribution is -2.30. The van der Waals surface area contributed by atoms with Crippen molar-refractivity contribution in [1.82, 2.24) is 15.4 Å². The number of benzene rings is 2. The van der Waals surface area contributed by atoms with Crippen LogP contribution in [0.5, 0.6) is 5.75 Å². The summed E-state index contributed by atoms with van der Waals surface area (Å²) in [6.07, 6.45) is 0. The monoisotopic (exact) mass is 422 g/mol. The average molecular weight is 422 g/mol. The van der Waals surface area contributed by atoms with Gasteiger partial charge in [-0.2, -0.15) is 0 Å². The van der Waals surface area contributed by atoms with Gasteiger partial charge < -0.3 is 4.74 Å². The number of carbonyl (C=O) groups is 1. The quantitative estimate of drug-likeness (QED) is 0.437. The van der Waals surface area contributed by atoms with Crippen molar-refractivity contribution in [1.29, 1.82) is 0 Å². The number of anilines is 1. The number of fused-ring (bicyclic) bond motifs is 1. The van der Waals surface area contributed by atoms with Crippen LogP contribution >= 0.6 is 11.3 Å². The number of hydrogen-bond donors (Lipinski definition) is 2.